The van der Waals surface area contributed by atoms with Crippen molar-refractivity contribution in [2.45, 2.75) is 59.0 Å². The average Bonchev–Trinajstić information content (AvgIpc) is 2.60. The fourth-order valence-corrected chi connectivity index (χ4v) is 3.15. The topological polar surface area (TPSA) is 29.9 Å². The van der Waals surface area contributed by atoms with E-state index in [1.165, 1.54) is 31.4 Å². The van der Waals surface area contributed by atoms with E-state index in [0.717, 1.165) is 29.2 Å². The van der Waals surface area contributed by atoms with E-state index in [-0.39, 0.29) is 0 Å². The molecular formula is C14H24BrN3. The third-order valence-corrected chi connectivity index (χ3v) is 5.28. The SMILES string of the molecule is Cc1nn(CCNC2CCCCC2C)c(C)c1Br. The van der Waals surface area contributed by atoms with Crippen molar-refractivity contribution >= 4 is 15.9 Å². The summed E-state index contributed by atoms with van der Waals surface area (Å²) in [5, 5.41) is 8.24. The summed E-state index contributed by atoms with van der Waals surface area (Å²) in [6.45, 7) is 8.51. The molecule has 0 spiro atoms. The van der Waals surface area contributed by atoms with Crippen molar-refractivity contribution in [2.75, 3.05) is 6.54 Å². The highest BCUT2D eigenvalue weighted by Gasteiger charge is 2.20. The van der Waals surface area contributed by atoms with Gasteiger partial charge in [-0.1, -0.05) is 19.8 Å². The van der Waals surface area contributed by atoms with Gasteiger partial charge < -0.3 is 5.32 Å². The molecule has 0 bridgehead atoms. The van der Waals surface area contributed by atoms with E-state index in [4.69, 9.17) is 0 Å². The summed E-state index contributed by atoms with van der Waals surface area (Å²) in [5.74, 6) is 0.825. The van der Waals surface area contributed by atoms with Gasteiger partial charge in [0, 0.05) is 18.3 Å². The van der Waals surface area contributed by atoms with E-state index in [9.17, 15) is 0 Å². The van der Waals surface area contributed by atoms with Crippen LogP contribution >= 0.6 is 15.9 Å². The summed E-state index contributed by atoms with van der Waals surface area (Å²) in [4.78, 5) is 0. The van der Waals surface area contributed by atoms with Gasteiger partial charge in [-0.3, -0.25) is 4.68 Å². The Morgan fingerprint density at radius 2 is 2.06 bits per heavy atom. The summed E-state index contributed by atoms with van der Waals surface area (Å²) in [6, 6.07) is 0.708. The minimum atomic E-state index is 0.708. The second kappa shape index (κ2) is 6.20. The summed E-state index contributed by atoms with van der Waals surface area (Å²) >= 11 is 3.57. The van der Waals surface area contributed by atoms with Crippen molar-refractivity contribution in [3.8, 4) is 0 Å². The molecule has 1 saturated carbocycles. The van der Waals surface area contributed by atoms with Crippen molar-refractivity contribution in [3.63, 3.8) is 0 Å². The van der Waals surface area contributed by atoms with Crippen LogP contribution in [0.2, 0.25) is 0 Å². The Hall–Kier alpha value is -0.350. The number of nitrogens with zero attached hydrogens (tertiary/aromatic N) is 2. The van der Waals surface area contributed by atoms with Crippen molar-refractivity contribution < 1.29 is 0 Å². The maximum absolute atomic E-state index is 4.54. The zero-order valence-electron chi connectivity index (χ0n) is 11.7. The number of hydrogen-bond donors (Lipinski definition) is 1. The van der Waals surface area contributed by atoms with Gasteiger partial charge >= 0.3 is 0 Å². The lowest BCUT2D eigenvalue weighted by atomic mass is 9.86. The first-order valence-electron chi connectivity index (χ1n) is 7.02. The van der Waals surface area contributed by atoms with Crippen molar-refractivity contribution in [1.29, 1.82) is 0 Å². The fraction of sp³-hybridized carbons (Fsp3) is 0.786. The molecule has 1 aliphatic rings. The van der Waals surface area contributed by atoms with Crippen LogP contribution in [0, 0.1) is 19.8 Å². The van der Waals surface area contributed by atoms with E-state index >= 15 is 0 Å². The molecule has 1 fully saturated rings. The van der Waals surface area contributed by atoms with Crippen molar-refractivity contribution in [2.24, 2.45) is 5.92 Å². The highest BCUT2D eigenvalue weighted by atomic mass is 79.9. The largest absolute Gasteiger partial charge is 0.312 e. The number of aryl methyl sites for hydroxylation is 1. The monoisotopic (exact) mass is 313 g/mol. The van der Waals surface area contributed by atoms with Crippen LogP contribution in [-0.2, 0) is 6.54 Å². The molecular weight excluding hydrogens is 290 g/mol. The van der Waals surface area contributed by atoms with E-state index in [0.29, 0.717) is 6.04 Å². The predicted octanol–water partition coefficient (Wildman–Crippen LogP) is 3.43. The Balaban J connectivity index is 1.82. The third kappa shape index (κ3) is 3.15. The van der Waals surface area contributed by atoms with E-state index in [1.54, 1.807) is 0 Å². The van der Waals surface area contributed by atoms with Crippen LogP contribution in [0.4, 0.5) is 0 Å². The zero-order valence-corrected chi connectivity index (χ0v) is 13.3. The molecule has 1 aromatic rings. The second-order valence-electron chi connectivity index (χ2n) is 5.53. The van der Waals surface area contributed by atoms with Gasteiger partial charge in [-0.25, -0.2) is 0 Å². The number of nitrogens with one attached hydrogen (secondary N) is 1. The van der Waals surface area contributed by atoms with Crippen LogP contribution in [0.3, 0.4) is 0 Å². The Labute approximate surface area is 118 Å². The van der Waals surface area contributed by atoms with Crippen LogP contribution in [0.1, 0.15) is 44.0 Å². The first kappa shape index (κ1) is 14.1. The smallest absolute Gasteiger partial charge is 0.0738 e. The van der Waals surface area contributed by atoms with Crippen LogP contribution in [-0.4, -0.2) is 22.4 Å². The summed E-state index contributed by atoms with van der Waals surface area (Å²) in [7, 11) is 0. The van der Waals surface area contributed by atoms with Crippen LogP contribution in [0.15, 0.2) is 4.47 Å². The van der Waals surface area contributed by atoms with Gasteiger partial charge in [0.15, 0.2) is 0 Å². The van der Waals surface area contributed by atoms with E-state index in [2.05, 4.69) is 44.9 Å². The summed E-state index contributed by atoms with van der Waals surface area (Å²) < 4.78 is 3.24. The van der Waals surface area contributed by atoms with Gasteiger partial charge in [-0.2, -0.15) is 5.10 Å². The van der Waals surface area contributed by atoms with Crippen molar-refractivity contribution in [1.82, 2.24) is 15.1 Å². The Kier molecular flexibility index (Phi) is 4.84. The Morgan fingerprint density at radius 3 is 2.67 bits per heavy atom. The molecule has 18 heavy (non-hydrogen) atoms. The normalized spacial score (nSPS) is 24.4. The maximum atomic E-state index is 4.54. The molecule has 3 nitrogen and oxygen atoms in total. The minimum Gasteiger partial charge on any atom is -0.312 e. The standard InChI is InChI=1S/C14H24BrN3/c1-10-6-4-5-7-13(10)16-8-9-18-12(3)14(15)11(2)17-18/h10,13,16H,4-9H2,1-3H3. The molecule has 2 atom stereocenters. The third-order valence-electron chi connectivity index (χ3n) is 4.13. The molecule has 4 heteroatoms. The lowest BCUT2D eigenvalue weighted by Gasteiger charge is -2.29. The molecule has 0 saturated heterocycles. The number of halogens is 1. The average molecular weight is 314 g/mol. The quantitative estimate of drug-likeness (QED) is 0.923. The number of aromatic nitrogens is 2. The fourth-order valence-electron chi connectivity index (χ4n) is 2.87. The number of hydrogen-bond acceptors (Lipinski definition) is 2. The van der Waals surface area contributed by atoms with Gasteiger partial charge in [-0.15, -0.1) is 0 Å². The lowest BCUT2D eigenvalue weighted by molar-refractivity contribution is 0.277. The molecule has 2 unspecified atom stereocenters. The molecule has 1 N–H and O–H groups in total. The molecule has 0 aliphatic heterocycles. The first-order chi connectivity index (χ1) is 8.59. The highest BCUT2D eigenvalue weighted by molar-refractivity contribution is 9.10. The Morgan fingerprint density at radius 1 is 1.33 bits per heavy atom. The predicted molar refractivity (Wildman–Crippen MR) is 78.8 cm³/mol. The van der Waals surface area contributed by atoms with Gasteiger partial charge in [0.25, 0.3) is 0 Å². The van der Waals surface area contributed by atoms with Gasteiger partial charge in [0.2, 0.25) is 0 Å². The van der Waals surface area contributed by atoms with Gasteiger partial charge in [-0.05, 0) is 48.5 Å². The Bertz CT molecular complexity index is 400. The lowest BCUT2D eigenvalue weighted by Crippen LogP contribution is -2.39. The van der Waals surface area contributed by atoms with E-state index < -0.39 is 0 Å². The molecule has 0 aromatic carbocycles. The summed E-state index contributed by atoms with van der Waals surface area (Å²) in [5.41, 5.74) is 2.31. The van der Waals surface area contributed by atoms with Crippen molar-refractivity contribution in [3.05, 3.63) is 15.9 Å². The zero-order chi connectivity index (χ0) is 13.1. The van der Waals surface area contributed by atoms with Gasteiger partial charge in [0.1, 0.15) is 0 Å². The molecule has 0 radical (unpaired) electrons. The number of rotatable bonds is 4. The van der Waals surface area contributed by atoms with Crippen LogP contribution in [0.5, 0.6) is 0 Å². The maximum Gasteiger partial charge on any atom is 0.0738 e. The molecule has 1 aliphatic carbocycles. The van der Waals surface area contributed by atoms with Crippen LogP contribution < -0.4 is 5.32 Å². The molecule has 0 amide bonds. The second-order valence-corrected chi connectivity index (χ2v) is 6.32. The van der Waals surface area contributed by atoms with Gasteiger partial charge in [0.05, 0.1) is 16.7 Å². The van der Waals surface area contributed by atoms with E-state index in [1.807, 2.05) is 6.92 Å². The molecule has 2 rings (SSSR count). The highest BCUT2D eigenvalue weighted by Crippen LogP contribution is 2.23. The first-order valence-corrected chi connectivity index (χ1v) is 7.81. The molecule has 102 valence electrons. The van der Waals surface area contributed by atoms with Crippen LogP contribution in [0.25, 0.3) is 0 Å². The summed E-state index contributed by atoms with van der Waals surface area (Å²) in [6.07, 6.45) is 5.50. The molecule has 1 heterocycles. The molecule has 1 aromatic heterocycles. The minimum absolute atomic E-state index is 0.708.